The Bertz CT molecular complexity index is 386. The first-order valence-electron chi connectivity index (χ1n) is 4.61. The van der Waals surface area contributed by atoms with Crippen molar-refractivity contribution >= 4 is 5.97 Å². The maximum atomic E-state index is 11.4. The topological polar surface area (TPSA) is 65.0 Å². The molecule has 1 aromatic carbocycles. The summed E-state index contributed by atoms with van der Waals surface area (Å²) in [4.78, 5) is 11.4. The van der Waals surface area contributed by atoms with Crippen LogP contribution in [0.2, 0.25) is 0 Å². The van der Waals surface area contributed by atoms with Crippen LogP contribution in [0.1, 0.15) is 15.9 Å². The first-order chi connectivity index (χ1) is 7.63. The van der Waals surface area contributed by atoms with Crippen LogP contribution in [0, 0.1) is 0 Å². The number of esters is 1. The van der Waals surface area contributed by atoms with E-state index >= 15 is 0 Å². The van der Waals surface area contributed by atoms with Crippen molar-refractivity contribution in [2.45, 2.75) is 6.61 Å². The molecule has 0 aliphatic carbocycles. The molecule has 0 aromatic heterocycles. The zero-order chi connectivity index (χ0) is 12.1. The smallest absolute Gasteiger partial charge is 0.341 e. The van der Waals surface area contributed by atoms with Crippen molar-refractivity contribution in [2.75, 3.05) is 21.3 Å². The molecule has 1 rings (SSSR count). The maximum Gasteiger partial charge on any atom is 0.341 e. The lowest BCUT2D eigenvalue weighted by Crippen LogP contribution is -2.05. The van der Waals surface area contributed by atoms with E-state index < -0.39 is 5.97 Å². The van der Waals surface area contributed by atoms with E-state index in [1.54, 1.807) is 6.07 Å². The molecule has 0 spiro atoms. The molecule has 1 N–H and O–H groups in total. The molecule has 0 aliphatic rings. The van der Waals surface area contributed by atoms with Gasteiger partial charge in [-0.2, -0.15) is 0 Å². The predicted molar refractivity (Wildman–Crippen MR) is 56.7 cm³/mol. The molecule has 0 saturated heterocycles. The first kappa shape index (κ1) is 12.3. The highest BCUT2D eigenvalue weighted by Crippen LogP contribution is 2.28. The Kier molecular flexibility index (Phi) is 4.13. The molecular formula is C11H14O5. The molecular weight excluding hydrogens is 212 g/mol. The van der Waals surface area contributed by atoms with Crippen molar-refractivity contribution in [3.63, 3.8) is 0 Å². The van der Waals surface area contributed by atoms with Crippen molar-refractivity contribution in [3.8, 4) is 11.5 Å². The Morgan fingerprint density at radius 3 is 2.50 bits per heavy atom. The average Bonchev–Trinajstić information content (AvgIpc) is 2.30. The maximum absolute atomic E-state index is 11.4. The van der Waals surface area contributed by atoms with Crippen molar-refractivity contribution in [3.05, 3.63) is 23.3 Å². The Morgan fingerprint density at radius 1 is 1.31 bits per heavy atom. The summed E-state index contributed by atoms with van der Waals surface area (Å²) in [5.74, 6) is -0.240. The Morgan fingerprint density at radius 2 is 2.00 bits per heavy atom. The van der Waals surface area contributed by atoms with Gasteiger partial charge in [-0.25, -0.2) is 4.79 Å². The SMILES string of the molecule is COCc1cc(OC)c(C(=O)OC)cc1O. The fraction of sp³-hybridized carbons (Fsp3) is 0.364. The van der Waals surface area contributed by atoms with Gasteiger partial charge >= 0.3 is 5.97 Å². The Balaban J connectivity index is 3.20. The predicted octanol–water partition coefficient (Wildman–Crippen LogP) is 1.33. The molecule has 88 valence electrons. The highest BCUT2D eigenvalue weighted by molar-refractivity contribution is 5.93. The van der Waals surface area contributed by atoms with Crippen LogP contribution in [0.15, 0.2) is 12.1 Å². The number of phenols is 1. The fourth-order valence-electron chi connectivity index (χ4n) is 1.32. The fourth-order valence-corrected chi connectivity index (χ4v) is 1.32. The molecule has 16 heavy (non-hydrogen) atoms. The number of carbonyl (C=O) groups is 1. The normalized spacial score (nSPS) is 9.94. The van der Waals surface area contributed by atoms with Crippen LogP contribution in [-0.4, -0.2) is 32.4 Å². The Labute approximate surface area is 93.6 Å². The second-order valence-electron chi connectivity index (χ2n) is 3.11. The second kappa shape index (κ2) is 5.37. The number of rotatable bonds is 4. The van der Waals surface area contributed by atoms with E-state index in [0.29, 0.717) is 11.3 Å². The van der Waals surface area contributed by atoms with E-state index in [1.165, 1.54) is 27.4 Å². The van der Waals surface area contributed by atoms with Crippen molar-refractivity contribution in [1.82, 2.24) is 0 Å². The minimum Gasteiger partial charge on any atom is -0.508 e. The molecule has 0 unspecified atom stereocenters. The average molecular weight is 226 g/mol. The van der Waals surface area contributed by atoms with Gasteiger partial charge in [-0.05, 0) is 12.1 Å². The number of methoxy groups -OCH3 is 3. The van der Waals surface area contributed by atoms with Crippen molar-refractivity contribution in [1.29, 1.82) is 0 Å². The van der Waals surface area contributed by atoms with E-state index in [4.69, 9.17) is 9.47 Å². The minimum absolute atomic E-state index is 0.0250. The van der Waals surface area contributed by atoms with Crippen LogP contribution < -0.4 is 4.74 Å². The van der Waals surface area contributed by atoms with Gasteiger partial charge < -0.3 is 19.3 Å². The molecule has 0 bridgehead atoms. The molecule has 5 nitrogen and oxygen atoms in total. The van der Waals surface area contributed by atoms with Gasteiger partial charge in [0.15, 0.2) is 0 Å². The van der Waals surface area contributed by atoms with Crippen LogP contribution >= 0.6 is 0 Å². The summed E-state index contributed by atoms with van der Waals surface area (Å²) in [6.45, 7) is 0.240. The summed E-state index contributed by atoms with van der Waals surface area (Å²) in [6, 6.07) is 2.85. The largest absolute Gasteiger partial charge is 0.508 e. The van der Waals surface area contributed by atoms with Gasteiger partial charge in [-0.1, -0.05) is 0 Å². The molecule has 0 aliphatic heterocycles. The van der Waals surface area contributed by atoms with E-state index in [2.05, 4.69) is 4.74 Å². The summed E-state index contributed by atoms with van der Waals surface area (Å²) < 4.78 is 14.5. The monoisotopic (exact) mass is 226 g/mol. The molecule has 5 heteroatoms. The lowest BCUT2D eigenvalue weighted by molar-refractivity contribution is 0.0596. The van der Waals surface area contributed by atoms with Gasteiger partial charge in [0.25, 0.3) is 0 Å². The lowest BCUT2D eigenvalue weighted by Gasteiger charge is -2.10. The molecule has 0 radical (unpaired) electrons. The van der Waals surface area contributed by atoms with Crippen molar-refractivity contribution in [2.24, 2.45) is 0 Å². The van der Waals surface area contributed by atoms with Gasteiger partial charge in [-0.3, -0.25) is 0 Å². The zero-order valence-electron chi connectivity index (χ0n) is 9.44. The van der Waals surface area contributed by atoms with E-state index in [9.17, 15) is 9.90 Å². The lowest BCUT2D eigenvalue weighted by atomic mass is 10.1. The van der Waals surface area contributed by atoms with Crippen molar-refractivity contribution < 1.29 is 24.1 Å². The van der Waals surface area contributed by atoms with Crippen LogP contribution in [0.25, 0.3) is 0 Å². The van der Waals surface area contributed by atoms with E-state index in [0.717, 1.165) is 0 Å². The number of hydrogen-bond acceptors (Lipinski definition) is 5. The minimum atomic E-state index is -0.559. The van der Waals surface area contributed by atoms with Gasteiger partial charge in [0.2, 0.25) is 0 Å². The molecule has 0 amide bonds. The summed E-state index contributed by atoms with van der Waals surface area (Å²) >= 11 is 0. The van der Waals surface area contributed by atoms with Crippen LogP contribution in [0.4, 0.5) is 0 Å². The summed E-state index contributed by atoms with van der Waals surface area (Å²) in [7, 11) is 4.22. The van der Waals surface area contributed by atoms with Gasteiger partial charge in [-0.15, -0.1) is 0 Å². The number of phenolic OH excluding ortho intramolecular Hbond substituents is 1. The second-order valence-corrected chi connectivity index (χ2v) is 3.11. The summed E-state index contributed by atoms with van der Waals surface area (Å²) in [5, 5.41) is 9.64. The van der Waals surface area contributed by atoms with Gasteiger partial charge in [0.1, 0.15) is 17.1 Å². The Hall–Kier alpha value is -1.75. The third kappa shape index (κ3) is 2.43. The van der Waals surface area contributed by atoms with E-state index in [-0.39, 0.29) is 17.9 Å². The van der Waals surface area contributed by atoms with E-state index in [1.807, 2.05) is 0 Å². The van der Waals surface area contributed by atoms with Crippen LogP contribution in [-0.2, 0) is 16.1 Å². The number of carbonyl (C=O) groups excluding carboxylic acids is 1. The third-order valence-corrected chi connectivity index (χ3v) is 2.11. The first-order valence-corrected chi connectivity index (χ1v) is 4.61. The number of ether oxygens (including phenoxy) is 3. The highest BCUT2D eigenvalue weighted by Gasteiger charge is 2.16. The zero-order valence-corrected chi connectivity index (χ0v) is 9.44. The quantitative estimate of drug-likeness (QED) is 0.785. The number of aromatic hydroxyl groups is 1. The van der Waals surface area contributed by atoms with Crippen LogP contribution in [0.3, 0.4) is 0 Å². The highest BCUT2D eigenvalue weighted by atomic mass is 16.5. The summed E-state index contributed by atoms with van der Waals surface area (Å²) in [5.41, 5.74) is 0.731. The molecule has 0 atom stereocenters. The standard InChI is InChI=1S/C11H14O5/c1-14-6-7-4-10(15-2)8(5-9(7)12)11(13)16-3/h4-5,12H,6H2,1-3H3. The summed E-state index contributed by atoms with van der Waals surface area (Å²) in [6.07, 6.45) is 0. The number of benzene rings is 1. The molecule has 1 aromatic rings. The number of hydrogen-bond donors (Lipinski definition) is 1. The van der Waals surface area contributed by atoms with Crippen LogP contribution in [0.5, 0.6) is 11.5 Å². The third-order valence-electron chi connectivity index (χ3n) is 2.11. The van der Waals surface area contributed by atoms with Gasteiger partial charge in [0.05, 0.1) is 20.8 Å². The molecule has 0 heterocycles. The van der Waals surface area contributed by atoms with Gasteiger partial charge in [0, 0.05) is 12.7 Å². The molecule has 0 fully saturated rings. The molecule has 0 saturated carbocycles.